The summed E-state index contributed by atoms with van der Waals surface area (Å²) < 4.78 is 13.6. The fourth-order valence-corrected chi connectivity index (χ4v) is 1.89. The molecule has 1 atom stereocenters. The molecule has 0 spiro atoms. The summed E-state index contributed by atoms with van der Waals surface area (Å²) >= 11 is 0. The van der Waals surface area contributed by atoms with E-state index in [1.54, 1.807) is 24.5 Å². The first-order valence-corrected chi connectivity index (χ1v) is 5.88. The lowest BCUT2D eigenvalue weighted by Gasteiger charge is -2.16. The van der Waals surface area contributed by atoms with Gasteiger partial charge in [0.2, 0.25) is 0 Å². The average molecular weight is 245 g/mol. The van der Waals surface area contributed by atoms with Crippen molar-refractivity contribution in [2.24, 2.45) is 0 Å². The van der Waals surface area contributed by atoms with Gasteiger partial charge in [0, 0.05) is 12.4 Å². The summed E-state index contributed by atoms with van der Waals surface area (Å²) in [6.07, 6.45) is 3.30. The summed E-state index contributed by atoms with van der Waals surface area (Å²) in [5.41, 5.74) is 3.19. The van der Waals surface area contributed by atoms with Crippen LogP contribution in [0.25, 0.3) is 0 Å². The zero-order chi connectivity index (χ0) is 13.1. The molecule has 3 nitrogen and oxygen atoms in total. The number of halogens is 1. The van der Waals surface area contributed by atoms with Crippen LogP contribution in [0.4, 0.5) is 10.1 Å². The van der Waals surface area contributed by atoms with Gasteiger partial charge in [0.15, 0.2) is 0 Å². The molecule has 0 amide bonds. The summed E-state index contributed by atoms with van der Waals surface area (Å²) in [5.74, 6) is -0.256. The van der Waals surface area contributed by atoms with Gasteiger partial charge in [-0.3, -0.25) is 9.97 Å². The minimum absolute atomic E-state index is 0.0880. The van der Waals surface area contributed by atoms with Crippen LogP contribution < -0.4 is 5.32 Å². The monoisotopic (exact) mass is 245 g/mol. The third-order valence-electron chi connectivity index (χ3n) is 2.82. The predicted octanol–water partition coefficient (Wildman–Crippen LogP) is 3.41. The number of benzene rings is 1. The Labute approximate surface area is 106 Å². The van der Waals surface area contributed by atoms with Gasteiger partial charge < -0.3 is 5.32 Å². The quantitative estimate of drug-likeness (QED) is 0.900. The Morgan fingerprint density at radius 1 is 1.17 bits per heavy atom. The Bertz CT molecular complexity index is 554. The predicted molar refractivity (Wildman–Crippen MR) is 69.9 cm³/mol. The number of anilines is 1. The molecule has 18 heavy (non-hydrogen) atoms. The topological polar surface area (TPSA) is 37.8 Å². The van der Waals surface area contributed by atoms with Gasteiger partial charge in [-0.25, -0.2) is 4.39 Å². The molecule has 1 N–H and O–H groups in total. The molecule has 0 saturated carbocycles. The summed E-state index contributed by atoms with van der Waals surface area (Å²) in [5, 5.41) is 3.13. The molecule has 1 heterocycles. The Morgan fingerprint density at radius 3 is 2.61 bits per heavy atom. The van der Waals surface area contributed by atoms with E-state index in [0.29, 0.717) is 5.69 Å². The van der Waals surface area contributed by atoms with E-state index < -0.39 is 0 Å². The molecule has 0 aliphatic heterocycles. The molecule has 0 radical (unpaired) electrons. The van der Waals surface area contributed by atoms with Crippen molar-refractivity contribution < 1.29 is 4.39 Å². The van der Waals surface area contributed by atoms with Gasteiger partial charge in [0.1, 0.15) is 5.82 Å². The third-order valence-corrected chi connectivity index (χ3v) is 2.82. The van der Waals surface area contributed by atoms with Gasteiger partial charge in [-0.15, -0.1) is 0 Å². The lowest BCUT2D eigenvalue weighted by atomic mass is 10.1. The second-order valence-corrected chi connectivity index (χ2v) is 4.38. The van der Waals surface area contributed by atoms with E-state index in [-0.39, 0.29) is 11.9 Å². The molecule has 4 heteroatoms. The van der Waals surface area contributed by atoms with E-state index in [9.17, 15) is 4.39 Å². The maximum atomic E-state index is 13.6. The number of aromatic nitrogens is 2. The number of rotatable bonds is 3. The van der Waals surface area contributed by atoms with Crippen LogP contribution in [0.15, 0.2) is 30.6 Å². The van der Waals surface area contributed by atoms with Crippen molar-refractivity contribution >= 4 is 5.69 Å². The highest BCUT2D eigenvalue weighted by atomic mass is 19.1. The number of aryl methyl sites for hydroxylation is 2. The lowest BCUT2D eigenvalue weighted by Crippen LogP contribution is -2.12. The van der Waals surface area contributed by atoms with Crippen molar-refractivity contribution in [2.75, 3.05) is 5.32 Å². The van der Waals surface area contributed by atoms with Crippen LogP contribution >= 0.6 is 0 Å². The molecule has 1 aromatic carbocycles. The van der Waals surface area contributed by atoms with E-state index in [0.717, 1.165) is 17.0 Å². The molecule has 0 saturated heterocycles. The molecule has 0 aliphatic carbocycles. The van der Waals surface area contributed by atoms with Crippen LogP contribution in [0.1, 0.15) is 29.9 Å². The highest BCUT2D eigenvalue weighted by Crippen LogP contribution is 2.22. The highest BCUT2D eigenvalue weighted by molar-refractivity contribution is 5.48. The minimum atomic E-state index is -0.256. The van der Waals surface area contributed by atoms with Crippen LogP contribution in [0.2, 0.25) is 0 Å². The Balaban J connectivity index is 2.24. The van der Waals surface area contributed by atoms with Gasteiger partial charge in [-0.05, 0) is 38.5 Å². The summed E-state index contributed by atoms with van der Waals surface area (Å²) in [7, 11) is 0. The van der Waals surface area contributed by atoms with Crippen LogP contribution in [-0.4, -0.2) is 9.97 Å². The summed E-state index contributed by atoms with van der Waals surface area (Å²) in [6, 6.07) is 4.92. The first-order chi connectivity index (χ1) is 8.58. The fourth-order valence-electron chi connectivity index (χ4n) is 1.89. The average Bonchev–Trinajstić information content (AvgIpc) is 2.34. The largest absolute Gasteiger partial charge is 0.375 e. The van der Waals surface area contributed by atoms with Gasteiger partial charge in [0.25, 0.3) is 0 Å². The van der Waals surface area contributed by atoms with Crippen molar-refractivity contribution in [1.29, 1.82) is 0 Å². The molecule has 2 aromatic rings. The number of nitrogens with one attached hydrogen (secondary N) is 1. The van der Waals surface area contributed by atoms with Crippen molar-refractivity contribution in [1.82, 2.24) is 9.97 Å². The first-order valence-electron chi connectivity index (χ1n) is 5.88. The number of hydrogen-bond donors (Lipinski definition) is 1. The van der Waals surface area contributed by atoms with Crippen LogP contribution in [0.5, 0.6) is 0 Å². The Kier molecular flexibility index (Phi) is 3.55. The normalized spacial score (nSPS) is 12.2. The lowest BCUT2D eigenvalue weighted by molar-refractivity contribution is 0.626. The molecule has 94 valence electrons. The molecule has 0 aliphatic rings. The summed E-state index contributed by atoms with van der Waals surface area (Å²) in [6.45, 7) is 5.77. The molecular weight excluding hydrogens is 229 g/mol. The second kappa shape index (κ2) is 5.12. The van der Waals surface area contributed by atoms with Gasteiger partial charge in [-0.2, -0.15) is 0 Å². The maximum absolute atomic E-state index is 13.6. The minimum Gasteiger partial charge on any atom is -0.375 e. The van der Waals surface area contributed by atoms with E-state index >= 15 is 0 Å². The Hall–Kier alpha value is -1.97. The van der Waals surface area contributed by atoms with E-state index in [1.165, 1.54) is 6.07 Å². The highest BCUT2D eigenvalue weighted by Gasteiger charge is 2.12. The smallest absolute Gasteiger partial charge is 0.146 e. The van der Waals surface area contributed by atoms with E-state index in [1.807, 2.05) is 20.8 Å². The maximum Gasteiger partial charge on any atom is 0.146 e. The molecule has 1 aromatic heterocycles. The van der Waals surface area contributed by atoms with E-state index in [4.69, 9.17) is 0 Å². The second-order valence-electron chi connectivity index (χ2n) is 4.38. The standard InChI is InChI=1S/C14H16FN3/c1-9-4-5-12(15)13(8-9)18-11(3)14-10(2)16-6-7-17-14/h4-8,11,18H,1-3H3. The Morgan fingerprint density at radius 2 is 1.89 bits per heavy atom. The van der Waals surface area contributed by atoms with Crippen LogP contribution in [0.3, 0.4) is 0 Å². The van der Waals surface area contributed by atoms with Gasteiger partial charge >= 0.3 is 0 Å². The zero-order valence-corrected chi connectivity index (χ0v) is 10.7. The molecule has 0 fully saturated rings. The number of hydrogen-bond acceptors (Lipinski definition) is 3. The van der Waals surface area contributed by atoms with Crippen LogP contribution in [0, 0.1) is 19.7 Å². The molecule has 1 unspecified atom stereocenters. The van der Waals surface area contributed by atoms with Crippen molar-refractivity contribution in [3.05, 3.63) is 53.4 Å². The number of nitrogens with zero attached hydrogens (tertiary/aromatic N) is 2. The van der Waals surface area contributed by atoms with Crippen molar-refractivity contribution in [3.63, 3.8) is 0 Å². The molecule has 0 bridgehead atoms. The van der Waals surface area contributed by atoms with E-state index in [2.05, 4.69) is 15.3 Å². The molecule has 2 rings (SSSR count). The van der Waals surface area contributed by atoms with Crippen molar-refractivity contribution in [2.45, 2.75) is 26.8 Å². The van der Waals surface area contributed by atoms with Crippen molar-refractivity contribution in [3.8, 4) is 0 Å². The molecular formula is C14H16FN3. The SMILES string of the molecule is Cc1ccc(F)c(NC(C)c2nccnc2C)c1. The third kappa shape index (κ3) is 2.64. The fraction of sp³-hybridized carbons (Fsp3) is 0.286. The zero-order valence-electron chi connectivity index (χ0n) is 10.7. The summed E-state index contributed by atoms with van der Waals surface area (Å²) in [4.78, 5) is 8.46. The van der Waals surface area contributed by atoms with Gasteiger partial charge in [0.05, 0.1) is 23.1 Å². The van der Waals surface area contributed by atoms with Gasteiger partial charge in [-0.1, -0.05) is 6.07 Å². The van der Waals surface area contributed by atoms with Crippen LogP contribution in [-0.2, 0) is 0 Å². The first kappa shape index (κ1) is 12.5.